The second kappa shape index (κ2) is 8.70. The number of halogens is 1. The molecular weight excluding hydrogens is 404 g/mol. The summed E-state index contributed by atoms with van der Waals surface area (Å²) in [5, 5.41) is 1.54. The lowest BCUT2D eigenvalue weighted by Gasteiger charge is -2.40. The average Bonchev–Trinajstić information content (AvgIpc) is 2.74. The smallest absolute Gasteiger partial charge is 0.229 e. The zero-order valence-corrected chi connectivity index (χ0v) is 18.5. The highest BCUT2D eigenvalue weighted by Gasteiger charge is 2.35. The highest BCUT2D eigenvalue weighted by atomic mass is 35.5. The van der Waals surface area contributed by atoms with Crippen LogP contribution in [0.15, 0.2) is 52.1 Å². The topological polar surface area (TPSA) is 61.9 Å². The molecule has 0 radical (unpaired) electrons. The molecule has 2 aliphatic carbocycles. The van der Waals surface area contributed by atoms with Crippen molar-refractivity contribution in [1.29, 1.82) is 0 Å². The first-order chi connectivity index (χ1) is 14.0. The number of amides is 1. The number of allylic oxidation sites excluding steroid dienone is 3. The molecule has 7 heteroatoms. The van der Waals surface area contributed by atoms with Crippen molar-refractivity contribution in [2.45, 2.75) is 37.8 Å². The Morgan fingerprint density at radius 1 is 1.28 bits per heavy atom. The quantitative estimate of drug-likeness (QED) is 0.743. The van der Waals surface area contributed by atoms with Gasteiger partial charge >= 0.3 is 0 Å². The summed E-state index contributed by atoms with van der Waals surface area (Å²) in [5.74, 6) is 1.08. The van der Waals surface area contributed by atoms with E-state index in [1.807, 2.05) is 17.1 Å². The molecule has 2 aliphatic heterocycles. The number of amidine groups is 1. The Morgan fingerprint density at radius 3 is 2.79 bits per heavy atom. The van der Waals surface area contributed by atoms with Crippen molar-refractivity contribution in [3.05, 3.63) is 47.1 Å². The van der Waals surface area contributed by atoms with E-state index in [1.165, 1.54) is 0 Å². The van der Waals surface area contributed by atoms with Crippen LogP contribution in [0, 0.1) is 5.92 Å². The maximum Gasteiger partial charge on any atom is 0.229 e. The van der Waals surface area contributed by atoms with Crippen molar-refractivity contribution in [2.24, 2.45) is 16.6 Å². The second-order valence-corrected chi connectivity index (χ2v) is 9.83. The van der Waals surface area contributed by atoms with Crippen LogP contribution in [0.2, 0.25) is 0 Å². The van der Waals surface area contributed by atoms with Gasteiger partial charge in [-0.1, -0.05) is 53.7 Å². The zero-order chi connectivity index (χ0) is 20.4. The molecule has 0 spiro atoms. The molecular formula is C22H29ClN4OS. The number of carbonyl (C=O) groups excluding carboxylic acids is 1. The summed E-state index contributed by atoms with van der Waals surface area (Å²) in [6, 6.07) is 0.260. The summed E-state index contributed by atoms with van der Waals surface area (Å²) in [5.41, 5.74) is 6.78. The lowest BCUT2D eigenvalue weighted by molar-refractivity contribution is -0.136. The fourth-order valence-electron chi connectivity index (χ4n) is 4.51. The van der Waals surface area contributed by atoms with E-state index in [9.17, 15) is 4.79 Å². The molecule has 1 fully saturated rings. The van der Waals surface area contributed by atoms with E-state index in [4.69, 9.17) is 22.3 Å². The van der Waals surface area contributed by atoms with E-state index in [0.29, 0.717) is 5.17 Å². The molecule has 0 aromatic carbocycles. The number of piperazine rings is 1. The minimum atomic E-state index is -0.318. The molecule has 1 amide bonds. The number of nitrogens with two attached hydrogens (primary N) is 1. The van der Waals surface area contributed by atoms with E-state index in [2.05, 4.69) is 36.1 Å². The molecule has 4 aliphatic rings. The first kappa shape index (κ1) is 20.8. The lowest BCUT2D eigenvalue weighted by atomic mass is 9.82. The Labute approximate surface area is 182 Å². The maximum atomic E-state index is 13.2. The van der Waals surface area contributed by atoms with E-state index in [-0.39, 0.29) is 23.4 Å². The largest absolute Gasteiger partial charge is 0.379 e. The molecule has 5 nitrogen and oxygen atoms in total. The minimum Gasteiger partial charge on any atom is -0.379 e. The predicted octanol–water partition coefficient (Wildman–Crippen LogP) is 3.29. The summed E-state index contributed by atoms with van der Waals surface area (Å²) in [7, 11) is 0. The summed E-state index contributed by atoms with van der Waals surface area (Å²) in [6.45, 7) is 5.36. The van der Waals surface area contributed by atoms with Crippen LogP contribution in [-0.4, -0.2) is 64.4 Å². The van der Waals surface area contributed by atoms with Crippen LogP contribution in [0.5, 0.6) is 0 Å². The number of hydrogen-bond acceptors (Lipinski definition) is 5. The summed E-state index contributed by atoms with van der Waals surface area (Å²) in [4.78, 5) is 22.3. The predicted molar refractivity (Wildman–Crippen MR) is 122 cm³/mol. The van der Waals surface area contributed by atoms with E-state index in [1.54, 1.807) is 11.8 Å². The van der Waals surface area contributed by atoms with E-state index in [0.717, 1.165) is 61.8 Å². The highest BCUT2D eigenvalue weighted by Crippen LogP contribution is 2.36. The summed E-state index contributed by atoms with van der Waals surface area (Å²) in [6.07, 6.45) is 15.2. The van der Waals surface area contributed by atoms with Crippen molar-refractivity contribution in [1.82, 2.24) is 9.80 Å². The lowest BCUT2D eigenvalue weighted by Crippen LogP contribution is -2.53. The Bertz CT molecular complexity index is 810. The second-order valence-electron chi connectivity index (χ2n) is 8.28. The Kier molecular flexibility index (Phi) is 6.23. The molecule has 0 bridgehead atoms. The maximum absolute atomic E-state index is 13.2. The number of carbonyl (C=O) groups is 1. The molecule has 2 heterocycles. The SMILES string of the molecule is CC1(C2=CC(C(=O)N3CCN(C4CC=CC=C4Cl)CC3)CC=C2)CCSC(N)=N1. The molecule has 2 N–H and O–H groups in total. The van der Waals surface area contributed by atoms with Gasteiger partial charge in [-0.2, -0.15) is 0 Å². The zero-order valence-electron chi connectivity index (χ0n) is 16.9. The fourth-order valence-corrected chi connectivity index (χ4v) is 5.79. The van der Waals surface area contributed by atoms with E-state index >= 15 is 0 Å². The highest BCUT2D eigenvalue weighted by molar-refractivity contribution is 8.13. The Balaban J connectivity index is 1.39. The summed E-state index contributed by atoms with van der Waals surface area (Å²) >= 11 is 8.01. The van der Waals surface area contributed by atoms with Crippen LogP contribution in [0.25, 0.3) is 0 Å². The number of rotatable bonds is 3. The first-order valence-electron chi connectivity index (χ1n) is 10.4. The van der Waals surface area contributed by atoms with E-state index < -0.39 is 0 Å². The molecule has 1 saturated heterocycles. The monoisotopic (exact) mass is 432 g/mol. The number of aliphatic imine (C=N–C) groups is 1. The van der Waals surface area contributed by atoms with Gasteiger partial charge in [-0.15, -0.1) is 0 Å². The van der Waals surface area contributed by atoms with Gasteiger partial charge in [0.25, 0.3) is 0 Å². The molecule has 0 saturated carbocycles. The molecule has 3 atom stereocenters. The Morgan fingerprint density at radius 2 is 2.07 bits per heavy atom. The van der Waals surface area contributed by atoms with Crippen LogP contribution in [0.1, 0.15) is 26.2 Å². The van der Waals surface area contributed by atoms with Crippen LogP contribution < -0.4 is 5.73 Å². The van der Waals surface area contributed by atoms with Crippen LogP contribution in [0.4, 0.5) is 0 Å². The van der Waals surface area contributed by atoms with Gasteiger partial charge in [-0.3, -0.25) is 14.7 Å². The molecule has 29 heavy (non-hydrogen) atoms. The standard InChI is InChI=1S/C22H29ClN4OS/c1-22(9-14-29-21(24)25-22)17-6-4-5-16(15-17)20(28)27-12-10-26(11-13-27)19-8-3-2-7-18(19)23/h2-4,6-7,15-16,19H,5,8-14H2,1H3,(H2,24,25). The van der Waals surface area contributed by atoms with Gasteiger partial charge in [-0.25, -0.2) is 0 Å². The van der Waals surface area contributed by atoms with Crippen molar-refractivity contribution in [2.75, 3.05) is 31.9 Å². The Hall–Kier alpha value is -1.50. The molecule has 3 unspecified atom stereocenters. The van der Waals surface area contributed by atoms with Crippen molar-refractivity contribution in [3.8, 4) is 0 Å². The van der Waals surface area contributed by atoms with Crippen molar-refractivity contribution >= 4 is 34.4 Å². The molecule has 0 aromatic heterocycles. The van der Waals surface area contributed by atoms with Gasteiger partial charge in [0.15, 0.2) is 5.17 Å². The van der Waals surface area contributed by atoms with Crippen LogP contribution >= 0.6 is 23.4 Å². The number of thioether (sulfide) groups is 1. The third-order valence-corrected chi connectivity index (χ3v) is 7.51. The van der Waals surface area contributed by atoms with Gasteiger partial charge in [0.1, 0.15) is 0 Å². The number of nitrogens with zero attached hydrogens (tertiary/aromatic N) is 3. The third kappa shape index (κ3) is 4.49. The number of hydrogen-bond donors (Lipinski definition) is 1. The van der Waals surface area contributed by atoms with Crippen LogP contribution in [-0.2, 0) is 4.79 Å². The molecule has 0 aromatic rings. The molecule has 156 valence electrons. The molecule has 4 rings (SSSR count). The fraction of sp³-hybridized carbons (Fsp3) is 0.545. The van der Waals surface area contributed by atoms with Crippen LogP contribution in [0.3, 0.4) is 0 Å². The normalized spacial score (nSPS) is 33.2. The first-order valence-corrected chi connectivity index (χ1v) is 11.7. The van der Waals surface area contributed by atoms with Crippen molar-refractivity contribution in [3.63, 3.8) is 0 Å². The van der Waals surface area contributed by atoms with Crippen molar-refractivity contribution < 1.29 is 4.79 Å². The average molecular weight is 433 g/mol. The van der Waals surface area contributed by atoms with Gasteiger partial charge in [0, 0.05) is 43.0 Å². The minimum absolute atomic E-state index is 0.106. The van der Waals surface area contributed by atoms with Gasteiger partial charge in [-0.05, 0) is 37.8 Å². The summed E-state index contributed by atoms with van der Waals surface area (Å²) < 4.78 is 0. The van der Waals surface area contributed by atoms with Gasteiger partial charge in [0.2, 0.25) is 5.91 Å². The third-order valence-electron chi connectivity index (χ3n) is 6.34. The van der Waals surface area contributed by atoms with Gasteiger partial charge in [0.05, 0.1) is 11.5 Å². The van der Waals surface area contributed by atoms with Gasteiger partial charge < -0.3 is 10.6 Å².